The molecule has 0 bridgehead atoms. The number of aliphatic carboxylic acids is 1. The third kappa shape index (κ3) is 4.54. The predicted octanol–water partition coefficient (Wildman–Crippen LogP) is 3.56. The third-order valence-electron chi connectivity index (χ3n) is 5.55. The lowest BCUT2D eigenvalue weighted by Crippen LogP contribution is -2.39. The van der Waals surface area contributed by atoms with Crippen LogP contribution in [0.3, 0.4) is 0 Å². The smallest absolute Gasteiger partial charge is 0.321 e. The molecule has 1 aromatic heterocycles. The van der Waals surface area contributed by atoms with Gasteiger partial charge in [-0.25, -0.2) is 4.98 Å². The minimum absolute atomic E-state index is 0.378. The van der Waals surface area contributed by atoms with E-state index in [1.807, 2.05) is 32.0 Å². The van der Waals surface area contributed by atoms with E-state index in [2.05, 4.69) is 11.0 Å². The number of ether oxygens (including phenoxy) is 2. The van der Waals surface area contributed by atoms with Crippen molar-refractivity contribution < 1.29 is 19.4 Å². The molecule has 0 radical (unpaired) electrons. The summed E-state index contributed by atoms with van der Waals surface area (Å²) in [4.78, 5) is 19.1. The van der Waals surface area contributed by atoms with E-state index >= 15 is 0 Å². The molecule has 3 heterocycles. The van der Waals surface area contributed by atoms with Crippen LogP contribution in [0.4, 0.5) is 5.82 Å². The molecular weight excluding hydrogens is 414 g/mol. The Morgan fingerprint density at radius 2 is 1.97 bits per heavy atom. The van der Waals surface area contributed by atoms with Gasteiger partial charge in [0.05, 0.1) is 31.0 Å². The van der Waals surface area contributed by atoms with Crippen LogP contribution in [-0.4, -0.2) is 48.0 Å². The highest BCUT2D eigenvalue weighted by atomic mass is 32.2. The summed E-state index contributed by atoms with van der Waals surface area (Å²) in [6, 6.07) is 11.4. The van der Waals surface area contributed by atoms with Gasteiger partial charge in [0.25, 0.3) is 0 Å². The number of aromatic nitrogens is 1. The summed E-state index contributed by atoms with van der Waals surface area (Å²) in [5, 5.41) is 19.6. The molecule has 0 aliphatic carbocycles. The van der Waals surface area contributed by atoms with Crippen LogP contribution in [0.15, 0.2) is 35.4 Å². The largest absolute Gasteiger partial charge is 0.480 e. The molecule has 2 aliphatic rings. The number of fused-ring (bicyclic) bond motifs is 1. The number of rotatable bonds is 5. The van der Waals surface area contributed by atoms with E-state index in [4.69, 9.17) is 14.5 Å². The van der Waals surface area contributed by atoms with E-state index < -0.39 is 16.8 Å². The lowest BCUT2D eigenvalue weighted by Gasteiger charge is -2.37. The van der Waals surface area contributed by atoms with Crippen molar-refractivity contribution in [3.8, 4) is 6.07 Å². The molecule has 31 heavy (non-hydrogen) atoms. The van der Waals surface area contributed by atoms with E-state index in [1.54, 1.807) is 12.1 Å². The molecule has 8 heteroatoms. The predicted molar refractivity (Wildman–Crippen MR) is 117 cm³/mol. The summed E-state index contributed by atoms with van der Waals surface area (Å²) in [5.74, 6) is -0.191. The van der Waals surface area contributed by atoms with Crippen LogP contribution >= 0.6 is 11.8 Å². The van der Waals surface area contributed by atoms with E-state index in [-0.39, 0.29) is 0 Å². The zero-order chi connectivity index (χ0) is 22.0. The normalized spacial score (nSPS) is 18.7. The minimum atomic E-state index is -0.962. The average molecular weight is 440 g/mol. The summed E-state index contributed by atoms with van der Waals surface area (Å²) in [7, 11) is 0. The van der Waals surface area contributed by atoms with Gasteiger partial charge in [0.15, 0.2) is 0 Å². The quantitative estimate of drug-likeness (QED) is 0.707. The topological polar surface area (TPSA) is 95.7 Å². The van der Waals surface area contributed by atoms with Crippen molar-refractivity contribution in [2.24, 2.45) is 0 Å². The third-order valence-corrected chi connectivity index (χ3v) is 6.77. The van der Waals surface area contributed by atoms with Gasteiger partial charge in [0, 0.05) is 25.1 Å². The Kier molecular flexibility index (Phi) is 6.19. The van der Waals surface area contributed by atoms with Crippen LogP contribution in [0.2, 0.25) is 0 Å². The first-order valence-electron chi connectivity index (χ1n) is 10.3. The van der Waals surface area contributed by atoms with Gasteiger partial charge in [-0.1, -0.05) is 42.1 Å². The second-order valence-corrected chi connectivity index (χ2v) is 9.35. The number of nitrogens with zero attached hydrogens (tertiary/aromatic N) is 3. The van der Waals surface area contributed by atoms with E-state index in [9.17, 15) is 15.2 Å². The number of morpholine rings is 1. The van der Waals surface area contributed by atoms with Crippen molar-refractivity contribution in [1.82, 2.24) is 4.98 Å². The van der Waals surface area contributed by atoms with Crippen molar-refractivity contribution in [3.05, 3.63) is 52.6 Å². The van der Waals surface area contributed by atoms with Crippen LogP contribution in [0.5, 0.6) is 0 Å². The molecule has 1 atom stereocenters. The molecule has 0 amide bonds. The number of carbonyl (C=O) groups is 1. The van der Waals surface area contributed by atoms with E-state index in [1.165, 1.54) is 0 Å². The number of benzene rings is 1. The minimum Gasteiger partial charge on any atom is -0.480 e. The molecule has 4 rings (SSSR count). The molecule has 0 spiro atoms. The van der Waals surface area contributed by atoms with Crippen molar-refractivity contribution >= 4 is 23.5 Å². The fraction of sp³-hybridized carbons (Fsp3) is 0.435. The Balaban J connectivity index is 1.83. The van der Waals surface area contributed by atoms with Crippen molar-refractivity contribution in [3.63, 3.8) is 0 Å². The van der Waals surface area contributed by atoms with Crippen LogP contribution in [0.1, 0.15) is 41.4 Å². The first-order valence-corrected chi connectivity index (χ1v) is 11.1. The highest BCUT2D eigenvalue weighted by Gasteiger charge is 2.35. The molecule has 162 valence electrons. The highest BCUT2D eigenvalue weighted by molar-refractivity contribution is 8.00. The summed E-state index contributed by atoms with van der Waals surface area (Å²) >= 11 is 1.12. The van der Waals surface area contributed by atoms with Gasteiger partial charge in [-0.3, -0.25) is 4.79 Å². The van der Waals surface area contributed by atoms with Gasteiger partial charge in [-0.15, -0.1) is 0 Å². The number of hydrogen-bond acceptors (Lipinski definition) is 7. The molecule has 0 unspecified atom stereocenters. The van der Waals surface area contributed by atoms with Crippen molar-refractivity contribution in [2.75, 3.05) is 31.2 Å². The second-order valence-electron chi connectivity index (χ2n) is 8.26. The maximum Gasteiger partial charge on any atom is 0.321 e. The molecular formula is C23H25N3O4S. The summed E-state index contributed by atoms with van der Waals surface area (Å²) in [6.07, 6.45) is 0.571. The number of carboxylic acids is 1. The Morgan fingerprint density at radius 3 is 2.61 bits per heavy atom. The maximum absolute atomic E-state index is 12.1. The van der Waals surface area contributed by atoms with E-state index in [0.29, 0.717) is 55.5 Å². The monoisotopic (exact) mass is 439 g/mol. The fourth-order valence-corrected chi connectivity index (χ4v) is 5.01. The van der Waals surface area contributed by atoms with Crippen LogP contribution in [-0.2, 0) is 27.3 Å². The number of thioether (sulfide) groups is 1. The van der Waals surface area contributed by atoms with Crippen molar-refractivity contribution in [1.29, 1.82) is 5.26 Å². The van der Waals surface area contributed by atoms with Gasteiger partial charge in [0.2, 0.25) is 0 Å². The first kappa shape index (κ1) is 21.6. The van der Waals surface area contributed by atoms with Gasteiger partial charge in [-0.05, 0) is 25.0 Å². The molecule has 1 N–H and O–H groups in total. The number of anilines is 1. The second kappa shape index (κ2) is 8.87. The van der Waals surface area contributed by atoms with Crippen molar-refractivity contribution in [2.45, 2.75) is 42.8 Å². The van der Waals surface area contributed by atoms with Crippen LogP contribution in [0.25, 0.3) is 0 Å². The molecule has 1 aromatic carbocycles. The SMILES string of the molecule is CC1(C)Cc2c(C#N)c(S[C@@H](C(=O)O)c3ccccc3)nc(N3CCOCC3)c2CO1. The molecule has 2 aromatic rings. The summed E-state index contributed by atoms with van der Waals surface area (Å²) in [5.41, 5.74) is 2.55. The Hall–Kier alpha value is -2.60. The molecule has 0 saturated carbocycles. The van der Waals surface area contributed by atoms with Crippen LogP contribution < -0.4 is 4.90 Å². The zero-order valence-electron chi connectivity index (χ0n) is 17.6. The summed E-state index contributed by atoms with van der Waals surface area (Å²) in [6.45, 7) is 6.98. The molecule has 1 fully saturated rings. The first-order chi connectivity index (χ1) is 14.9. The lowest BCUT2D eigenvalue weighted by molar-refractivity contribution is -0.136. The Bertz CT molecular complexity index is 1010. The van der Waals surface area contributed by atoms with Gasteiger partial charge < -0.3 is 19.5 Å². The molecule has 7 nitrogen and oxygen atoms in total. The van der Waals surface area contributed by atoms with E-state index in [0.717, 1.165) is 28.7 Å². The Morgan fingerprint density at radius 1 is 1.26 bits per heavy atom. The highest BCUT2D eigenvalue weighted by Crippen LogP contribution is 2.42. The average Bonchev–Trinajstić information content (AvgIpc) is 2.77. The van der Waals surface area contributed by atoms with Crippen LogP contribution in [0, 0.1) is 11.3 Å². The van der Waals surface area contributed by atoms with Gasteiger partial charge >= 0.3 is 5.97 Å². The number of carboxylic acid groups (broad SMARTS) is 1. The molecule has 2 aliphatic heterocycles. The molecule has 1 saturated heterocycles. The number of hydrogen-bond donors (Lipinski definition) is 1. The fourth-order valence-electron chi connectivity index (χ4n) is 3.96. The summed E-state index contributed by atoms with van der Waals surface area (Å²) < 4.78 is 11.5. The number of nitriles is 1. The standard InChI is InChI=1S/C23H25N3O4S/c1-23(2)12-16-17(13-24)21(31-19(22(27)28)15-6-4-3-5-7-15)25-20(18(16)14-30-23)26-8-10-29-11-9-26/h3-7,19H,8-12,14H2,1-2H3,(H,27,28)/t19-/m1/s1. The lowest BCUT2D eigenvalue weighted by atomic mass is 9.89. The van der Waals surface area contributed by atoms with Gasteiger partial charge in [0.1, 0.15) is 22.2 Å². The number of pyridine rings is 1. The zero-order valence-corrected chi connectivity index (χ0v) is 18.4. The van der Waals surface area contributed by atoms with Gasteiger partial charge in [-0.2, -0.15) is 5.26 Å². The maximum atomic E-state index is 12.1. The Labute approximate surface area is 186 Å².